The van der Waals surface area contributed by atoms with Crippen molar-refractivity contribution in [2.24, 2.45) is 5.10 Å². The number of rotatable bonds is 4. The lowest BCUT2D eigenvalue weighted by molar-refractivity contribution is 0.518. The highest BCUT2D eigenvalue weighted by atomic mass is 15.6. The molecule has 0 N–H and O–H groups in total. The summed E-state index contributed by atoms with van der Waals surface area (Å²) in [5.41, 5.74) is 0. The summed E-state index contributed by atoms with van der Waals surface area (Å²) in [7, 11) is 0. The molecule has 0 radical (unpaired) electrons. The van der Waals surface area contributed by atoms with Gasteiger partial charge in [0, 0.05) is 6.54 Å². The molecule has 0 spiro atoms. The molecule has 0 bridgehead atoms. The third-order valence-corrected chi connectivity index (χ3v) is 1.27. The van der Waals surface area contributed by atoms with Gasteiger partial charge in [-0.05, 0) is 6.42 Å². The van der Waals surface area contributed by atoms with Crippen LogP contribution in [0, 0.1) is 0 Å². The number of hydrogen-bond donors (Lipinski definition) is 0. The van der Waals surface area contributed by atoms with Gasteiger partial charge in [0.25, 0.3) is 0 Å². The van der Waals surface area contributed by atoms with E-state index in [4.69, 9.17) is 0 Å². The van der Waals surface area contributed by atoms with Gasteiger partial charge in [0.2, 0.25) is 0 Å². The van der Waals surface area contributed by atoms with Crippen molar-refractivity contribution in [3.8, 4) is 0 Å². The molecule has 0 fully saturated rings. The van der Waals surface area contributed by atoms with Gasteiger partial charge in [0.05, 0.1) is 0 Å². The van der Waals surface area contributed by atoms with E-state index in [-0.39, 0.29) is 0 Å². The largest absolute Gasteiger partial charge is 0.251 e. The molecule has 0 amide bonds. The molecule has 8 heavy (non-hydrogen) atoms. The fourth-order valence-corrected chi connectivity index (χ4v) is 0.676. The molecule has 0 aromatic rings. The normalized spacial score (nSPS) is 14.9. The maximum atomic E-state index is 3.88. The van der Waals surface area contributed by atoms with Gasteiger partial charge in [-0.25, -0.2) is 0 Å². The van der Waals surface area contributed by atoms with Crippen molar-refractivity contribution in [3.63, 3.8) is 0 Å². The van der Waals surface area contributed by atoms with Crippen LogP contribution in [0.1, 0.15) is 26.2 Å². The van der Waals surface area contributed by atoms with Crippen LogP contribution in [0.15, 0.2) is 5.10 Å². The van der Waals surface area contributed by atoms with Crippen LogP contribution >= 0.6 is 0 Å². The minimum atomic E-state index is 1.13. The SMILES string of the molecule is CCCCCN1C=N1. The second-order valence-corrected chi connectivity index (χ2v) is 2.10. The van der Waals surface area contributed by atoms with Crippen molar-refractivity contribution in [3.05, 3.63) is 0 Å². The van der Waals surface area contributed by atoms with Crippen LogP contribution in [-0.2, 0) is 0 Å². The lowest BCUT2D eigenvalue weighted by Crippen LogP contribution is -1.99. The van der Waals surface area contributed by atoms with Gasteiger partial charge < -0.3 is 0 Å². The van der Waals surface area contributed by atoms with Crippen molar-refractivity contribution in [1.29, 1.82) is 0 Å². The Kier molecular flexibility index (Phi) is 1.89. The second-order valence-electron chi connectivity index (χ2n) is 2.10. The molecule has 0 unspecified atom stereocenters. The zero-order valence-corrected chi connectivity index (χ0v) is 5.30. The van der Waals surface area contributed by atoms with Crippen molar-refractivity contribution >= 4 is 6.34 Å². The number of unbranched alkanes of at least 4 members (excludes halogenated alkanes) is 2. The smallest absolute Gasteiger partial charge is 0.132 e. The van der Waals surface area contributed by atoms with Gasteiger partial charge in [-0.1, -0.05) is 19.8 Å². The molecule has 0 saturated heterocycles. The lowest BCUT2D eigenvalue weighted by Gasteiger charge is -1.95. The molecule has 1 rings (SSSR count). The Balaban J connectivity index is 1.75. The molecule has 0 aliphatic carbocycles. The quantitative estimate of drug-likeness (QED) is 0.502. The van der Waals surface area contributed by atoms with E-state index >= 15 is 0 Å². The van der Waals surface area contributed by atoms with Crippen molar-refractivity contribution < 1.29 is 0 Å². The molecular formula is C6H12N2. The molecule has 46 valence electrons. The Hall–Kier alpha value is -0.530. The average molecular weight is 112 g/mol. The van der Waals surface area contributed by atoms with Gasteiger partial charge in [-0.2, -0.15) is 5.10 Å². The van der Waals surface area contributed by atoms with Crippen LogP contribution in [-0.4, -0.2) is 17.9 Å². The Labute approximate surface area is 50.2 Å². The maximum Gasteiger partial charge on any atom is 0.132 e. The topological polar surface area (TPSA) is 15.4 Å². The molecular weight excluding hydrogens is 100 g/mol. The van der Waals surface area contributed by atoms with Gasteiger partial charge in [0.15, 0.2) is 0 Å². The molecule has 2 heteroatoms. The summed E-state index contributed by atoms with van der Waals surface area (Å²) in [5, 5.41) is 5.86. The van der Waals surface area contributed by atoms with E-state index < -0.39 is 0 Å². The highest BCUT2D eigenvalue weighted by Crippen LogP contribution is 2.02. The molecule has 1 heterocycles. The molecule has 0 aromatic heterocycles. The highest BCUT2D eigenvalue weighted by Gasteiger charge is 2.04. The first-order chi connectivity index (χ1) is 3.93. The van der Waals surface area contributed by atoms with Crippen LogP contribution in [0.3, 0.4) is 0 Å². The predicted octanol–water partition coefficient (Wildman–Crippen LogP) is 1.44. The van der Waals surface area contributed by atoms with E-state index in [9.17, 15) is 0 Å². The molecule has 1 aliphatic rings. The van der Waals surface area contributed by atoms with E-state index in [2.05, 4.69) is 12.0 Å². The van der Waals surface area contributed by atoms with Crippen molar-refractivity contribution in [2.75, 3.05) is 6.54 Å². The van der Waals surface area contributed by atoms with E-state index in [1.165, 1.54) is 19.3 Å². The van der Waals surface area contributed by atoms with E-state index in [1.807, 2.05) is 11.3 Å². The minimum Gasteiger partial charge on any atom is -0.251 e. The minimum absolute atomic E-state index is 1.13. The van der Waals surface area contributed by atoms with Gasteiger partial charge in [-0.15, -0.1) is 0 Å². The summed E-state index contributed by atoms with van der Waals surface area (Å²) in [4.78, 5) is 0. The average Bonchev–Trinajstić information content (AvgIpc) is 2.51. The summed E-state index contributed by atoms with van der Waals surface area (Å²) in [6, 6.07) is 0. The Morgan fingerprint density at radius 3 is 2.75 bits per heavy atom. The van der Waals surface area contributed by atoms with Gasteiger partial charge >= 0.3 is 0 Å². The Bertz CT molecular complexity index is 82.5. The van der Waals surface area contributed by atoms with Crippen molar-refractivity contribution in [2.45, 2.75) is 26.2 Å². The molecule has 0 atom stereocenters. The number of nitrogens with zero attached hydrogens (tertiary/aromatic N) is 2. The predicted molar refractivity (Wildman–Crippen MR) is 34.7 cm³/mol. The standard InChI is InChI=1S/C6H12N2/c1-2-3-4-5-8-6-7-8/h6H,2-5H2,1H3. The third-order valence-electron chi connectivity index (χ3n) is 1.27. The monoisotopic (exact) mass is 112 g/mol. The summed E-state index contributed by atoms with van der Waals surface area (Å²) in [6.45, 7) is 3.34. The first kappa shape index (κ1) is 5.60. The zero-order chi connectivity index (χ0) is 5.82. The fourth-order valence-electron chi connectivity index (χ4n) is 0.676. The highest BCUT2D eigenvalue weighted by molar-refractivity contribution is 5.64. The van der Waals surface area contributed by atoms with Gasteiger partial charge in [-0.3, -0.25) is 5.01 Å². The maximum absolute atomic E-state index is 3.88. The summed E-state index contributed by atoms with van der Waals surface area (Å²) in [5.74, 6) is 0. The van der Waals surface area contributed by atoms with E-state index in [0.717, 1.165) is 6.54 Å². The van der Waals surface area contributed by atoms with E-state index in [0.29, 0.717) is 0 Å². The Morgan fingerprint density at radius 2 is 2.25 bits per heavy atom. The molecule has 0 saturated carbocycles. The van der Waals surface area contributed by atoms with Crippen LogP contribution in [0.25, 0.3) is 0 Å². The Morgan fingerprint density at radius 1 is 1.50 bits per heavy atom. The number of hydrazone groups is 1. The van der Waals surface area contributed by atoms with Crippen molar-refractivity contribution in [1.82, 2.24) is 5.01 Å². The van der Waals surface area contributed by atoms with E-state index in [1.54, 1.807) is 0 Å². The number of hydrogen-bond acceptors (Lipinski definition) is 2. The lowest BCUT2D eigenvalue weighted by atomic mass is 10.2. The summed E-state index contributed by atoms with van der Waals surface area (Å²) < 4.78 is 0. The summed E-state index contributed by atoms with van der Waals surface area (Å²) >= 11 is 0. The first-order valence-electron chi connectivity index (χ1n) is 3.24. The third kappa shape index (κ3) is 1.96. The molecule has 1 aliphatic heterocycles. The fraction of sp³-hybridized carbons (Fsp3) is 0.833. The zero-order valence-electron chi connectivity index (χ0n) is 5.30. The van der Waals surface area contributed by atoms with Crippen LogP contribution in [0.2, 0.25) is 0 Å². The second kappa shape index (κ2) is 2.70. The molecule has 2 nitrogen and oxygen atoms in total. The van der Waals surface area contributed by atoms with Crippen LogP contribution in [0.4, 0.5) is 0 Å². The summed E-state index contributed by atoms with van der Waals surface area (Å²) in [6.07, 6.45) is 5.79. The first-order valence-corrected chi connectivity index (χ1v) is 3.24. The van der Waals surface area contributed by atoms with Crippen LogP contribution < -0.4 is 0 Å². The van der Waals surface area contributed by atoms with Crippen LogP contribution in [0.5, 0.6) is 0 Å². The molecule has 0 aromatic carbocycles. The van der Waals surface area contributed by atoms with Gasteiger partial charge in [0.1, 0.15) is 6.34 Å².